The average Bonchev–Trinajstić information content (AvgIpc) is 2.84. The Hall–Kier alpha value is -3.56. The fourth-order valence-electron chi connectivity index (χ4n) is 3.95. The number of benzene rings is 3. The summed E-state index contributed by atoms with van der Waals surface area (Å²) in [4.78, 5) is 27.6. The van der Waals surface area contributed by atoms with Crippen LogP contribution < -0.4 is 14.9 Å². The number of carbonyl (C=O) groups is 2. The molecule has 2 N–H and O–H groups in total. The number of nitrogens with zero attached hydrogens (tertiary/aromatic N) is 1. The van der Waals surface area contributed by atoms with Crippen molar-refractivity contribution in [2.24, 2.45) is 0 Å². The third kappa shape index (κ3) is 4.85. The molecule has 7 nitrogen and oxygen atoms in total. The van der Waals surface area contributed by atoms with Crippen LogP contribution in [0.3, 0.4) is 0 Å². The first-order chi connectivity index (χ1) is 16.3. The molecule has 0 saturated heterocycles. The lowest BCUT2D eigenvalue weighted by Gasteiger charge is -2.31. The van der Waals surface area contributed by atoms with Crippen LogP contribution >= 0.6 is 0 Å². The average molecular weight is 482 g/mol. The van der Waals surface area contributed by atoms with Gasteiger partial charge in [0, 0.05) is 35.6 Å². The second kappa shape index (κ2) is 9.74. The smallest absolute Gasteiger partial charge is 0.258 e. The Morgan fingerprint density at radius 3 is 2.32 bits per heavy atom. The Morgan fingerprint density at radius 2 is 1.65 bits per heavy atom. The molecule has 0 radical (unpaired) electrons. The van der Waals surface area contributed by atoms with E-state index in [-0.39, 0.29) is 23.3 Å². The van der Waals surface area contributed by atoms with E-state index in [1.54, 1.807) is 24.0 Å². The summed E-state index contributed by atoms with van der Waals surface area (Å²) in [6.07, 6.45) is 1.38. The van der Waals surface area contributed by atoms with Crippen molar-refractivity contribution in [3.05, 3.63) is 89.2 Å². The van der Waals surface area contributed by atoms with Gasteiger partial charge >= 0.3 is 0 Å². The first kappa shape index (κ1) is 23.6. The molecule has 9 heteroatoms. The van der Waals surface area contributed by atoms with E-state index >= 15 is 0 Å². The van der Waals surface area contributed by atoms with Crippen LogP contribution in [0.1, 0.15) is 39.6 Å². The molecular weight excluding hydrogens is 457 g/mol. The molecular formula is C25H24FN3O4S. The first-order valence-electron chi connectivity index (χ1n) is 10.9. The number of carbonyl (C=O) groups excluding carboxylic acids is 2. The van der Waals surface area contributed by atoms with E-state index in [0.717, 1.165) is 5.56 Å². The van der Waals surface area contributed by atoms with Crippen LogP contribution in [0.5, 0.6) is 0 Å². The Labute approximate surface area is 197 Å². The second-order valence-corrected chi connectivity index (χ2v) is 9.62. The second-order valence-electron chi connectivity index (χ2n) is 7.85. The lowest BCUT2D eigenvalue weighted by molar-refractivity contribution is 0.0984. The molecule has 1 aliphatic rings. The molecule has 3 aromatic rings. The maximum atomic E-state index is 13.3. The normalized spacial score (nSPS) is 13.3. The molecule has 0 bridgehead atoms. The standard InChI is InChI=1S/C25H24FN3O4S/c1-2-27-34(32,33)20-14-10-18(11-15-20)25(31)29-16-4-5-21-22(6-3-7-23(21)29)28-24(30)17-8-12-19(26)13-9-17/h3,6-15,27H,2,4-5,16H2,1H3,(H,28,30). The Morgan fingerprint density at radius 1 is 0.971 bits per heavy atom. The zero-order valence-electron chi connectivity index (χ0n) is 18.5. The topological polar surface area (TPSA) is 95.6 Å². The number of nitrogens with one attached hydrogen (secondary N) is 2. The van der Waals surface area contributed by atoms with Gasteiger partial charge in [-0.2, -0.15) is 0 Å². The molecule has 0 fully saturated rings. The fourth-order valence-corrected chi connectivity index (χ4v) is 5.00. The lowest BCUT2D eigenvalue weighted by atomic mass is 9.98. The minimum Gasteiger partial charge on any atom is -0.322 e. The van der Waals surface area contributed by atoms with Gasteiger partial charge in [-0.15, -0.1) is 0 Å². The molecule has 34 heavy (non-hydrogen) atoms. The maximum absolute atomic E-state index is 13.3. The van der Waals surface area contributed by atoms with E-state index in [9.17, 15) is 22.4 Å². The molecule has 1 aliphatic heterocycles. The number of fused-ring (bicyclic) bond motifs is 1. The number of rotatable bonds is 6. The predicted octanol–water partition coefficient (Wildman–Crippen LogP) is 3.97. The quantitative estimate of drug-likeness (QED) is 0.557. The largest absolute Gasteiger partial charge is 0.322 e. The fraction of sp³-hybridized carbons (Fsp3) is 0.200. The van der Waals surface area contributed by atoms with Crippen molar-refractivity contribution in [3.8, 4) is 0 Å². The van der Waals surface area contributed by atoms with E-state index in [1.165, 1.54) is 48.5 Å². The van der Waals surface area contributed by atoms with Gasteiger partial charge in [-0.3, -0.25) is 9.59 Å². The number of halogens is 1. The lowest BCUT2D eigenvalue weighted by Crippen LogP contribution is -2.36. The molecule has 0 unspecified atom stereocenters. The van der Waals surface area contributed by atoms with Gasteiger partial charge in [0.15, 0.2) is 0 Å². The molecule has 0 aliphatic carbocycles. The molecule has 0 aromatic heterocycles. The highest BCUT2D eigenvalue weighted by atomic mass is 32.2. The van der Waals surface area contributed by atoms with Crippen LogP contribution in [-0.2, 0) is 16.4 Å². The Balaban J connectivity index is 1.58. The number of hydrogen-bond acceptors (Lipinski definition) is 4. The highest BCUT2D eigenvalue weighted by Crippen LogP contribution is 2.34. The van der Waals surface area contributed by atoms with Gasteiger partial charge in [0.2, 0.25) is 10.0 Å². The molecule has 0 saturated carbocycles. The van der Waals surface area contributed by atoms with Crippen molar-refractivity contribution in [3.63, 3.8) is 0 Å². The van der Waals surface area contributed by atoms with E-state index in [2.05, 4.69) is 10.0 Å². The minimum atomic E-state index is -3.60. The summed E-state index contributed by atoms with van der Waals surface area (Å²) in [5.74, 6) is -1.04. The van der Waals surface area contributed by atoms with Crippen molar-refractivity contribution in [1.29, 1.82) is 0 Å². The van der Waals surface area contributed by atoms with Gasteiger partial charge in [-0.25, -0.2) is 17.5 Å². The highest BCUT2D eigenvalue weighted by Gasteiger charge is 2.26. The van der Waals surface area contributed by atoms with Crippen molar-refractivity contribution >= 4 is 33.2 Å². The van der Waals surface area contributed by atoms with E-state index < -0.39 is 15.8 Å². The monoisotopic (exact) mass is 481 g/mol. The first-order valence-corrected chi connectivity index (χ1v) is 12.4. The summed E-state index contributed by atoms with van der Waals surface area (Å²) in [5, 5.41) is 2.87. The zero-order valence-corrected chi connectivity index (χ0v) is 19.4. The summed E-state index contributed by atoms with van der Waals surface area (Å²) in [7, 11) is -3.60. The molecule has 1 heterocycles. The molecule has 3 aromatic carbocycles. The van der Waals surface area contributed by atoms with Gasteiger partial charge in [0.05, 0.1) is 4.90 Å². The summed E-state index contributed by atoms with van der Waals surface area (Å²) in [5.41, 5.74) is 2.82. The minimum absolute atomic E-state index is 0.0933. The van der Waals surface area contributed by atoms with Crippen LogP contribution in [0.25, 0.3) is 0 Å². The van der Waals surface area contributed by atoms with Crippen molar-refractivity contribution in [2.45, 2.75) is 24.7 Å². The van der Waals surface area contributed by atoms with E-state index in [4.69, 9.17) is 0 Å². The Kier molecular flexibility index (Phi) is 6.76. The number of hydrogen-bond donors (Lipinski definition) is 2. The van der Waals surface area contributed by atoms with Crippen LogP contribution in [0, 0.1) is 5.82 Å². The van der Waals surface area contributed by atoms with Gasteiger partial charge in [-0.1, -0.05) is 13.0 Å². The van der Waals surface area contributed by atoms with Crippen LogP contribution in [0.4, 0.5) is 15.8 Å². The number of amides is 2. The maximum Gasteiger partial charge on any atom is 0.258 e. The van der Waals surface area contributed by atoms with Crippen LogP contribution in [-0.4, -0.2) is 33.3 Å². The summed E-state index contributed by atoms with van der Waals surface area (Å²) >= 11 is 0. The van der Waals surface area contributed by atoms with Gasteiger partial charge in [-0.05, 0) is 79.1 Å². The van der Waals surface area contributed by atoms with Gasteiger partial charge in [0.1, 0.15) is 5.82 Å². The summed E-state index contributed by atoms with van der Waals surface area (Å²) in [6.45, 7) is 2.46. The van der Waals surface area contributed by atoms with E-state index in [1.807, 2.05) is 6.07 Å². The predicted molar refractivity (Wildman–Crippen MR) is 128 cm³/mol. The van der Waals surface area contributed by atoms with Gasteiger partial charge < -0.3 is 10.2 Å². The van der Waals surface area contributed by atoms with Gasteiger partial charge in [0.25, 0.3) is 11.8 Å². The molecule has 0 spiro atoms. The molecule has 4 rings (SSSR count). The summed E-state index contributed by atoms with van der Waals surface area (Å²) in [6, 6.07) is 16.5. The van der Waals surface area contributed by atoms with Crippen molar-refractivity contribution < 1.29 is 22.4 Å². The third-order valence-corrected chi connectivity index (χ3v) is 7.16. The van der Waals surface area contributed by atoms with Crippen LogP contribution in [0.2, 0.25) is 0 Å². The van der Waals surface area contributed by atoms with Crippen molar-refractivity contribution in [2.75, 3.05) is 23.3 Å². The van der Waals surface area contributed by atoms with E-state index in [0.29, 0.717) is 41.9 Å². The van der Waals surface area contributed by atoms with Crippen molar-refractivity contribution in [1.82, 2.24) is 4.72 Å². The third-order valence-electron chi connectivity index (χ3n) is 5.60. The number of anilines is 2. The van der Waals surface area contributed by atoms with Crippen LogP contribution in [0.15, 0.2) is 71.6 Å². The summed E-state index contributed by atoms with van der Waals surface area (Å²) < 4.78 is 39.9. The SMILES string of the molecule is CCNS(=O)(=O)c1ccc(C(=O)N2CCCc3c(NC(=O)c4ccc(F)cc4)cccc32)cc1. The molecule has 176 valence electrons. The molecule has 0 atom stereocenters. The number of sulfonamides is 1. The zero-order chi connectivity index (χ0) is 24.3. The molecule has 2 amide bonds. The highest BCUT2D eigenvalue weighted by molar-refractivity contribution is 7.89. The Bertz CT molecular complexity index is 1320.